The van der Waals surface area contributed by atoms with Crippen LogP contribution in [0.1, 0.15) is 32.3 Å². The average molecular weight is 563 g/mol. The Morgan fingerprint density at radius 2 is 1.65 bits per heavy atom. The maximum atomic E-state index is 12.9. The highest BCUT2D eigenvalue weighted by Gasteiger charge is 2.29. The first kappa shape index (κ1) is 27.2. The van der Waals surface area contributed by atoms with Crippen molar-refractivity contribution in [1.82, 2.24) is 16.0 Å². The molecular formula is C21H30IN3O5S. The van der Waals surface area contributed by atoms with Gasteiger partial charge >= 0.3 is 5.97 Å². The van der Waals surface area contributed by atoms with Gasteiger partial charge in [0.2, 0.25) is 18.2 Å². The third-order valence-electron chi connectivity index (χ3n) is 4.50. The number of hydrogen-bond acceptors (Lipinski definition) is 5. The molecular weight excluding hydrogens is 533 g/mol. The molecule has 0 aliphatic heterocycles. The van der Waals surface area contributed by atoms with Crippen LogP contribution in [0.2, 0.25) is 0 Å². The Morgan fingerprint density at radius 3 is 2.16 bits per heavy atom. The predicted octanol–water partition coefficient (Wildman–Crippen LogP) is 1.80. The van der Waals surface area contributed by atoms with Crippen molar-refractivity contribution >= 4 is 58.5 Å². The van der Waals surface area contributed by atoms with E-state index < -0.39 is 35.9 Å². The molecule has 0 bridgehead atoms. The second kappa shape index (κ2) is 14.3. The Hall–Kier alpha value is -1.82. The van der Waals surface area contributed by atoms with E-state index in [0.717, 1.165) is 9.13 Å². The molecule has 10 heteroatoms. The Morgan fingerprint density at radius 1 is 1.06 bits per heavy atom. The highest BCUT2D eigenvalue weighted by atomic mass is 127. The van der Waals surface area contributed by atoms with Gasteiger partial charge in [0.1, 0.15) is 18.1 Å². The van der Waals surface area contributed by atoms with Crippen LogP contribution in [0.4, 0.5) is 0 Å². The molecule has 0 spiro atoms. The average Bonchev–Trinajstić information content (AvgIpc) is 2.71. The summed E-state index contributed by atoms with van der Waals surface area (Å²) in [5, 5.41) is 17.3. The molecule has 31 heavy (non-hydrogen) atoms. The van der Waals surface area contributed by atoms with Crippen molar-refractivity contribution < 1.29 is 24.3 Å². The Labute approximate surface area is 200 Å². The summed E-state index contributed by atoms with van der Waals surface area (Å²) in [6, 6.07) is 4.59. The van der Waals surface area contributed by atoms with Gasteiger partial charge in [-0.15, -0.1) is 0 Å². The van der Waals surface area contributed by atoms with Crippen LogP contribution in [0.15, 0.2) is 24.3 Å². The molecule has 1 rings (SSSR count). The van der Waals surface area contributed by atoms with Gasteiger partial charge in [-0.25, -0.2) is 4.79 Å². The number of aliphatic carboxylic acids is 1. The molecule has 0 saturated heterocycles. The fourth-order valence-corrected chi connectivity index (χ4v) is 3.74. The maximum Gasteiger partial charge on any atom is 0.326 e. The number of rotatable bonds is 14. The molecule has 0 fully saturated rings. The third-order valence-corrected chi connectivity index (χ3v) is 5.87. The molecule has 3 amide bonds. The molecule has 0 aliphatic rings. The van der Waals surface area contributed by atoms with Gasteiger partial charge in [-0.05, 0) is 71.1 Å². The highest BCUT2D eigenvalue weighted by molar-refractivity contribution is 14.1. The molecule has 0 aromatic heterocycles. The number of halogens is 1. The van der Waals surface area contributed by atoms with E-state index in [1.807, 2.05) is 44.4 Å². The van der Waals surface area contributed by atoms with Gasteiger partial charge < -0.3 is 21.1 Å². The van der Waals surface area contributed by atoms with Gasteiger partial charge in [0.05, 0.1) is 0 Å². The number of benzene rings is 1. The zero-order valence-electron chi connectivity index (χ0n) is 17.9. The monoisotopic (exact) mass is 563 g/mol. The standard InChI is InChI=1S/C21H30IN3O5S/c1-13(2)10-17(24-19(27)16(23-12-26)8-9-31-3)20(28)25-18(21(29)30)11-14-4-6-15(22)7-5-14/h4-7,12-13,16-18H,8-11H2,1-3H3,(H,23,26)(H,24,27)(H,25,28)(H,29,30). The molecule has 0 saturated carbocycles. The maximum absolute atomic E-state index is 12.9. The van der Waals surface area contributed by atoms with Crippen molar-refractivity contribution in [1.29, 1.82) is 0 Å². The third kappa shape index (κ3) is 10.4. The topological polar surface area (TPSA) is 125 Å². The number of thioether (sulfide) groups is 1. The minimum atomic E-state index is -1.15. The summed E-state index contributed by atoms with van der Waals surface area (Å²) < 4.78 is 1.02. The van der Waals surface area contributed by atoms with Gasteiger partial charge in [0, 0.05) is 9.99 Å². The Kier molecular flexibility index (Phi) is 12.5. The summed E-state index contributed by atoms with van der Waals surface area (Å²) in [5.74, 6) is -1.43. The summed E-state index contributed by atoms with van der Waals surface area (Å²) in [4.78, 5) is 48.1. The second-order valence-corrected chi connectivity index (χ2v) is 9.77. The zero-order valence-corrected chi connectivity index (χ0v) is 20.9. The fraction of sp³-hybridized carbons (Fsp3) is 0.524. The molecule has 172 valence electrons. The largest absolute Gasteiger partial charge is 0.480 e. The summed E-state index contributed by atoms with van der Waals surface area (Å²) in [5.41, 5.74) is 0.782. The minimum Gasteiger partial charge on any atom is -0.480 e. The van der Waals surface area contributed by atoms with E-state index in [4.69, 9.17) is 0 Å². The highest BCUT2D eigenvalue weighted by Crippen LogP contribution is 2.11. The van der Waals surface area contributed by atoms with Gasteiger partial charge in [-0.3, -0.25) is 14.4 Å². The van der Waals surface area contributed by atoms with E-state index in [2.05, 4.69) is 38.5 Å². The van der Waals surface area contributed by atoms with E-state index in [9.17, 15) is 24.3 Å². The van der Waals surface area contributed by atoms with Crippen LogP contribution < -0.4 is 16.0 Å². The predicted molar refractivity (Wildman–Crippen MR) is 130 cm³/mol. The van der Waals surface area contributed by atoms with Gasteiger partial charge in [-0.1, -0.05) is 26.0 Å². The smallest absolute Gasteiger partial charge is 0.326 e. The van der Waals surface area contributed by atoms with Crippen molar-refractivity contribution in [2.24, 2.45) is 5.92 Å². The van der Waals surface area contributed by atoms with Crippen LogP contribution in [-0.2, 0) is 25.6 Å². The fourth-order valence-electron chi connectivity index (χ4n) is 2.91. The lowest BCUT2D eigenvalue weighted by Gasteiger charge is -2.25. The minimum absolute atomic E-state index is 0.0826. The molecule has 3 atom stereocenters. The van der Waals surface area contributed by atoms with E-state index in [-0.39, 0.29) is 12.3 Å². The van der Waals surface area contributed by atoms with E-state index >= 15 is 0 Å². The number of hydrogen-bond donors (Lipinski definition) is 4. The van der Waals surface area contributed by atoms with Crippen LogP contribution in [-0.4, -0.2) is 59.4 Å². The lowest BCUT2D eigenvalue weighted by molar-refractivity contribution is -0.142. The normalized spacial score (nSPS) is 13.7. The van der Waals surface area contributed by atoms with Crippen LogP contribution in [0.5, 0.6) is 0 Å². The van der Waals surface area contributed by atoms with Crippen LogP contribution >= 0.6 is 34.4 Å². The molecule has 4 N–H and O–H groups in total. The lowest BCUT2D eigenvalue weighted by Crippen LogP contribution is -2.55. The Balaban J connectivity index is 2.90. The van der Waals surface area contributed by atoms with Crippen LogP contribution in [0.25, 0.3) is 0 Å². The number of carboxylic acids is 1. The summed E-state index contributed by atoms with van der Waals surface area (Å²) >= 11 is 3.70. The van der Waals surface area contributed by atoms with Crippen molar-refractivity contribution in [3.05, 3.63) is 33.4 Å². The summed E-state index contributed by atoms with van der Waals surface area (Å²) in [7, 11) is 0. The first-order chi connectivity index (χ1) is 14.7. The van der Waals surface area contributed by atoms with Crippen molar-refractivity contribution in [3.63, 3.8) is 0 Å². The van der Waals surface area contributed by atoms with Gasteiger partial charge in [-0.2, -0.15) is 11.8 Å². The molecule has 0 aliphatic carbocycles. The van der Waals surface area contributed by atoms with Crippen molar-refractivity contribution in [2.75, 3.05) is 12.0 Å². The second-order valence-electron chi connectivity index (χ2n) is 7.54. The van der Waals surface area contributed by atoms with Gasteiger partial charge in [0.25, 0.3) is 0 Å². The summed E-state index contributed by atoms with van der Waals surface area (Å²) in [6.45, 7) is 3.81. The lowest BCUT2D eigenvalue weighted by atomic mass is 10.0. The first-order valence-corrected chi connectivity index (χ1v) is 12.4. The number of carbonyl (C=O) groups is 4. The van der Waals surface area contributed by atoms with E-state index in [1.165, 1.54) is 0 Å². The van der Waals surface area contributed by atoms with Crippen molar-refractivity contribution in [3.8, 4) is 0 Å². The van der Waals surface area contributed by atoms with E-state index in [1.54, 1.807) is 11.8 Å². The number of carboxylic acid groups (broad SMARTS) is 1. The van der Waals surface area contributed by atoms with Crippen LogP contribution in [0.3, 0.4) is 0 Å². The number of amides is 3. The van der Waals surface area contributed by atoms with Crippen molar-refractivity contribution in [2.45, 2.75) is 51.2 Å². The molecule has 1 aromatic carbocycles. The molecule has 0 radical (unpaired) electrons. The molecule has 1 aromatic rings. The quantitative estimate of drug-likeness (QED) is 0.202. The number of nitrogens with one attached hydrogen (secondary N) is 3. The molecule has 3 unspecified atom stereocenters. The molecule has 8 nitrogen and oxygen atoms in total. The SMILES string of the molecule is CSCCC(NC=O)C(=O)NC(CC(C)C)C(=O)NC(Cc1ccc(I)cc1)C(=O)O. The first-order valence-electron chi connectivity index (χ1n) is 9.94. The number of carbonyl (C=O) groups excluding carboxylic acids is 3. The molecule has 0 heterocycles. The van der Waals surface area contributed by atoms with Gasteiger partial charge in [0.15, 0.2) is 0 Å². The van der Waals surface area contributed by atoms with E-state index in [0.29, 0.717) is 25.0 Å². The summed E-state index contributed by atoms with van der Waals surface area (Å²) in [6.07, 6.45) is 3.24. The van der Waals surface area contributed by atoms with Crippen LogP contribution in [0, 0.1) is 9.49 Å². The zero-order chi connectivity index (χ0) is 23.4. The Bertz CT molecular complexity index is 745.